The summed E-state index contributed by atoms with van der Waals surface area (Å²) in [6.45, 7) is 4.62. The lowest BCUT2D eigenvalue weighted by Gasteiger charge is -2.21. The van der Waals surface area contributed by atoms with Crippen molar-refractivity contribution in [2.45, 2.75) is 19.3 Å². The molecule has 5 heteroatoms. The quantitative estimate of drug-likeness (QED) is 0.184. The monoisotopic (exact) mass is 696 g/mol. The molecule has 1 aliphatic rings. The number of hydrogen-bond acceptors (Lipinski definition) is 4. The molecule has 250 valence electrons. The van der Waals surface area contributed by atoms with E-state index in [0.717, 1.165) is 22.4 Å². The molecule has 0 saturated heterocycles. The van der Waals surface area contributed by atoms with E-state index in [9.17, 15) is 0 Å². The van der Waals surface area contributed by atoms with E-state index in [1.807, 2.05) is 29.5 Å². The van der Waals surface area contributed by atoms with Gasteiger partial charge in [-0.25, -0.2) is 15.0 Å². The third-order valence-electron chi connectivity index (χ3n) is 11.1. The number of nitrogens with zero attached hydrogens (tertiary/aromatic N) is 4. The van der Waals surface area contributed by atoms with Crippen LogP contribution in [0.5, 0.6) is 0 Å². The average Bonchev–Trinajstić information content (AvgIpc) is 3.84. The molecule has 0 fully saturated rings. The largest absolute Gasteiger partial charge is 0.308 e. The predicted molar refractivity (Wildman–Crippen MR) is 221 cm³/mol. The maximum atomic E-state index is 5.28. The summed E-state index contributed by atoms with van der Waals surface area (Å²) in [6.07, 6.45) is 0. The van der Waals surface area contributed by atoms with Gasteiger partial charge in [0.1, 0.15) is 0 Å². The standard InChI is InChI=1S/C48H32N4S/c1-48(2)39-22-11-9-18-32(39)33-25-24-30(28-40(33)48)46-49-45(29-14-5-3-6-15-29)50-47(51-46)38-21-13-20-36-37-27-26-35-34-19-10-12-23-41(34)52(31-16-7-4-8-17-31)42(35)44(37)53-43(36)38/h3-28H,1-2H3. The summed E-state index contributed by atoms with van der Waals surface area (Å²) in [4.78, 5) is 15.6. The van der Waals surface area contributed by atoms with Gasteiger partial charge >= 0.3 is 0 Å². The van der Waals surface area contributed by atoms with Crippen molar-refractivity contribution < 1.29 is 0 Å². The summed E-state index contributed by atoms with van der Waals surface area (Å²) in [5.74, 6) is 2.01. The highest BCUT2D eigenvalue weighted by atomic mass is 32.1. The van der Waals surface area contributed by atoms with Crippen LogP contribution in [0.15, 0.2) is 158 Å². The molecule has 7 aromatic carbocycles. The number of para-hydroxylation sites is 2. The molecule has 0 saturated carbocycles. The Morgan fingerprint density at radius 1 is 0.453 bits per heavy atom. The van der Waals surface area contributed by atoms with Gasteiger partial charge in [-0.2, -0.15) is 0 Å². The van der Waals surface area contributed by atoms with E-state index in [0.29, 0.717) is 17.5 Å². The zero-order chi connectivity index (χ0) is 35.3. The van der Waals surface area contributed by atoms with E-state index in [1.54, 1.807) is 0 Å². The molecule has 3 heterocycles. The van der Waals surface area contributed by atoms with Gasteiger partial charge in [0.15, 0.2) is 17.5 Å². The number of hydrogen-bond donors (Lipinski definition) is 0. The maximum absolute atomic E-state index is 5.28. The van der Waals surface area contributed by atoms with Gasteiger partial charge in [0.2, 0.25) is 0 Å². The first-order valence-electron chi connectivity index (χ1n) is 18.0. The SMILES string of the molecule is CC1(C)c2ccccc2-c2ccc(-c3nc(-c4ccccc4)nc(-c4cccc5c4sc4c5ccc5c6ccccc6n(-c6ccccc6)c54)n3)cc21. The highest BCUT2D eigenvalue weighted by molar-refractivity contribution is 7.27. The summed E-state index contributed by atoms with van der Waals surface area (Å²) in [5, 5.41) is 4.94. The van der Waals surface area contributed by atoms with Gasteiger partial charge in [-0.05, 0) is 52.6 Å². The van der Waals surface area contributed by atoms with Crippen LogP contribution in [0.3, 0.4) is 0 Å². The van der Waals surface area contributed by atoms with Gasteiger partial charge in [0.05, 0.1) is 15.7 Å². The average molecular weight is 697 g/mol. The van der Waals surface area contributed by atoms with Gasteiger partial charge in [0.25, 0.3) is 0 Å². The summed E-state index contributed by atoms with van der Waals surface area (Å²) in [6, 6.07) is 56.3. The molecule has 4 nitrogen and oxygen atoms in total. The molecule has 10 aromatic rings. The van der Waals surface area contributed by atoms with Crippen LogP contribution >= 0.6 is 11.3 Å². The van der Waals surface area contributed by atoms with Gasteiger partial charge < -0.3 is 4.57 Å². The van der Waals surface area contributed by atoms with Crippen LogP contribution in [0, 0.1) is 0 Å². The fourth-order valence-electron chi connectivity index (χ4n) is 8.51. The van der Waals surface area contributed by atoms with Crippen LogP contribution < -0.4 is 0 Å². The Morgan fingerprint density at radius 3 is 1.92 bits per heavy atom. The molecule has 3 aromatic heterocycles. The Labute approximate surface area is 310 Å². The second-order valence-corrected chi connectivity index (χ2v) is 15.4. The second kappa shape index (κ2) is 11.3. The summed E-state index contributed by atoms with van der Waals surface area (Å²) in [7, 11) is 0. The van der Waals surface area contributed by atoms with Crippen LogP contribution in [0.25, 0.3) is 93.0 Å². The zero-order valence-corrected chi connectivity index (χ0v) is 30.0. The summed E-state index contributed by atoms with van der Waals surface area (Å²) in [5.41, 5.74) is 11.6. The van der Waals surface area contributed by atoms with E-state index < -0.39 is 0 Å². The lowest BCUT2D eigenvalue weighted by Crippen LogP contribution is -2.15. The smallest absolute Gasteiger partial charge is 0.165 e. The predicted octanol–water partition coefficient (Wildman–Crippen LogP) is 12.6. The highest BCUT2D eigenvalue weighted by Crippen LogP contribution is 2.50. The van der Waals surface area contributed by atoms with Crippen molar-refractivity contribution in [2.75, 3.05) is 0 Å². The van der Waals surface area contributed by atoms with Crippen molar-refractivity contribution >= 4 is 53.3 Å². The van der Waals surface area contributed by atoms with Crippen LogP contribution in [-0.4, -0.2) is 19.5 Å². The van der Waals surface area contributed by atoms with Crippen molar-refractivity contribution in [2.24, 2.45) is 0 Å². The number of benzene rings is 7. The first-order valence-corrected chi connectivity index (χ1v) is 18.9. The fourth-order valence-corrected chi connectivity index (χ4v) is 9.86. The Hall–Kier alpha value is -6.43. The number of thiophene rings is 1. The molecule has 0 atom stereocenters. The number of aromatic nitrogens is 4. The molecule has 1 aliphatic carbocycles. The molecule has 0 spiro atoms. The van der Waals surface area contributed by atoms with Crippen LogP contribution in [0.1, 0.15) is 25.0 Å². The van der Waals surface area contributed by atoms with Gasteiger partial charge in [-0.1, -0.05) is 141 Å². The third kappa shape index (κ3) is 4.44. The first kappa shape index (κ1) is 30.2. The molecule has 0 amide bonds. The third-order valence-corrected chi connectivity index (χ3v) is 12.3. The van der Waals surface area contributed by atoms with Gasteiger partial charge in [-0.3, -0.25) is 0 Å². The zero-order valence-electron chi connectivity index (χ0n) is 29.2. The van der Waals surface area contributed by atoms with Crippen LogP contribution in [-0.2, 0) is 5.41 Å². The lowest BCUT2D eigenvalue weighted by atomic mass is 9.82. The number of rotatable bonds is 4. The summed E-state index contributed by atoms with van der Waals surface area (Å²) < 4.78 is 4.84. The Bertz CT molecular complexity index is 3080. The van der Waals surface area contributed by atoms with E-state index in [2.05, 4.69) is 158 Å². The van der Waals surface area contributed by atoms with E-state index in [4.69, 9.17) is 15.0 Å². The molecule has 0 unspecified atom stereocenters. The molecular weight excluding hydrogens is 665 g/mol. The normalized spacial score (nSPS) is 13.2. The molecule has 0 radical (unpaired) electrons. The van der Waals surface area contributed by atoms with Crippen molar-refractivity contribution in [3.63, 3.8) is 0 Å². The second-order valence-electron chi connectivity index (χ2n) is 14.4. The van der Waals surface area contributed by atoms with E-state index in [1.165, 1.54) is 64.2 Å². The molecular formula is C48H32N4S. The topological polar surface area (TPSA) is 43.6 Å². The number of fused-ring (bicyclic) bond motifs is 10. The summed E-state index contributed by atoms with van der Waals surface area (Å²) >= 11 is 1.83. The molecule has 0 bridgehead atoms. The van der Waals surface area contributed by atoms with E-state index >= 15 is 0 Å². The molecule has 0 N–H and O–H groups in total. The minimum absolute atomic E-state index is 0.129. The van der Waals surface area contributed by atoms with Crippen LogP contribution in [0.2, 0.25) is 0 Å². The molecule has 11 rings (SSSR count). The Morgan fingerprint density at radius 2 is 1.08 bits per heavy atom. The maximum Gasteiger partial charge on any atom is 0.165 e. The van der Waals surface area contributed by atoms with Crippen molar-refractivity contribution in [1.29, 1.82) is 0 Å². The van der Waals surface area contributed by atoms with Crippen molar-refractivity contribution in [3.05, 3.63) is 169 Å². The Balaban J connectivity index is 1.16. The molecule has 53 heavy (non-hydrogen) atoms. The minimum Gasteiger partial charge on any atom is -0.308 e. The van der Waals surface area contributed by atoms with Gasteiger partial charge in [-0.15, -0.1) is 11.3 Å². The lowest BCUT2D eigenvalue weighted by molar-refractivity contribution is 0.660. The van der Waals surface area contributed by atoms with Crippen molar-refractivity contribution in [1.82, 2.24) is 19.5 Å². The fraction of sp³-hybridized carbons (Fsp3) is 0.0625. The minimum atomic E-state index is -0.129. The Kier molecular flexibility index (Phi) is 6.43. The first-order chi connectivity index (χ1) is 26.0. The van der Waals surface area contributed by atoms with Crippen LogP contribution in [0.4, 0.5) is 0 Å². The van der Waals surface area contributed by atoms with E-state index in [-0.39, 0.29) is 5.41 Å². The highest BCUT2D eigenvalue weighted by Gasteiger charge is 2.35. The molecule has 0 aliphatic heterocycles. The van der Waals surface area contributed by atoms with Gasteiger partial charge in [0, 0.05) is 54.0 Å². The van der Waals surface area contributed by atoms with Crippen molar-refractivity contribution in [3.8, 4) is 51.0 Å².